The van der Waals surface area contributed by atoms with E-state index in [1.165, 1.54) is 6.92 Å². The van der Waals surface area contributed by atoms with Crippen LogP contribution in [0.15, 0.2) is 0 Å². The lowest BCUT2D eigenvalue weighted by Gasteiger charge is -2.32. The molecule has 0 aliphatic rings. The molecule has 0 heterocycles. The predicted molar refractivity (Wildman–Crippen MR) is 68.2 cm³/mol. The Hall–Kier alpha value is -0.408. The first kappa shape index (κ1) is 19.9. The van der Waals surface area contributed by atoms with Gasteiger partial charge in [-0.1, -0.05) is 0 Å². The Kier molecular flexibility index (Phi) is 9.58. The summed E-state index contributed by atoms with van der Waals surface area (Å²) in [5, 5.41) is 0. The molecule has 0 aliphatic carbocycles. The minimum Gasteiger partial charge on any atom is -0.462 e. The van der Waals surface area contributed by atoms with Crippen LogP contribution in [0.4, 0.5) is 0 Å². The first-order valence-electron chi connectivity index (χ1n) is 5.80. The molecule has 0 atom stereocenters. The molecule has 0 saturated heterocycles. The predicted octanol–water partition coefficient (Wildman–Crippen LogP) is 1.30. The van der Waals surface area contributed by atoms with E-state index in [2.05, 4.69) is 0 Å². The lowest BCUT2D eigenvalue weighted by Crippen LogP contribution is -2.54. The topological polar surface area (TPSA) is 61.8 Å². The summed E-state index contributed by atoms with van der Waals surface area (Å²) in [4.78, 5) is 23.6. The van der Waals surface area contributed by atoms with Crippen molar-refractivity contribution >= 4 is 29.1 Å². The van der Waals surface area contributed by atoms with Crippen LogP contribution in [0.3, 0.4) is 0 Å². The molecule has 5 nitrogen and oxygen atoms in total. The van der Waals surface area contributed by atoms with E-state index in [1.807, 2.05) is 0 Å². The Morgan fingerprint density at radius 3 is 1.67 bits per heavy atom. The minimum absolute atomic E-state index is 0. The summed E-state index contributed by atoms with van der Waals surface area (Å²) < 4.78 is 15.6. The van der Waals surface area contributed by atoms with Gasteiger partial charge in [-0.25, -0.2) is 4.79 Å². The first-order chi connectivity index (χ1) is 7.76. The quantitative estimate of drug-likeness (QED) is 0.303. The Morgan fingerprint density at radius 2 is 1.44 bits per heavy atom. The third-order valence-corrected chi connectivity index (χ3v) is 1.81. The maximum atomic E-state index is 11.9. The zero-order chi connectivity index (χ0) is 13.6. The van der Waals surface area contributed by atoms with Gasteiger partial charge in [0.25, 0.3) is 0 Å². The van der Waals surface area contributed by atoms with E-state index in [-0.39, 0.29) is 36.2 Å². The Bertz CT molecular complexity index is 266. The van der Waals surface area contributed by atoms with Gasteiger partial charge in [-0.05, 0) is 34.6 Å². The van der Waals surface area contributed by atoms with E-state index in [1.54, 1.807) is 34.6 Å². The summed E-state index contributed by atoms with van der Waals surface area (Å²) in [7, 11) is 0. The molecule has 3 radical (unpaired) electrons. The van der Waals surface area contributed by atoms with Gasteiger partial charge in [0.1, 0.15) is 0 Å². The molecule has 103 valence electrons. The molecule has 0 spiro atoms. The van der Waals surface area contributed by atoms with Crippen molar-refractivity contribution in [1.29, 1.82) is 0 Å². The molecule has 0 fully saturated rings. The standard InChI is InChI=1S/C12H22O5.Al/c1-7-15-11(14)12(10(6)13,16-8(2)3)17-9(4)5;/h8-9H,7H2,1-6H3;. The lowest BCUT2D eigenvalue weighted by molar-refractivity contribution is -0.258. The van der Waals surface area contributed by atoms with Gasteiger partial charge in [0, 0.05) is 24.3 Å². The van der Waals surface area contributed by atoms with Crippen LogP contribution in [0.5, 0.6) is 0 Å². The summed E-state index contributed by atoms with van der Waals surface area (Å²) in [5.41, 5.74) is 0. The normalized spacial score (nSPS) is 11.3. The maximum absolute atomic E-state index is 11.9. The van der Waals surface area contributed by atoms with Crippen LogP contribution in [0, 0.1) is 0 Å². The monoisotopic (exact) mass is 273 g/mol. The molecule has 18 heavy (non-hydrogen) atoms. The van der Waals surface area contributed by atoms with Gasteiger partial charge in [0.05, 0.1) is 18.8 Å². The zero-order valence-electron chi connectivity index (χ0n) is 12.0. The molecular weight excluding hydrogens is 251 g/mol. The lowest BCUT2D eigenvalue weighted by atomic mass is 10.1. The molecule has 0 aromatic heterocycles. The molecular formula is C12H22AlO5. The number of carbonyl (C=O) groups is 2. The van der Waals surface area contributed by atoms with E-state index >= 15 is 0 Å². The van der Waals surface area contributed by atoms with Gasteiger partial charge in [-0.2, -0.15) is 0 Å². The maximum Gasteiger partial charge on any atom is 0.375 e. The number of rotatable bonds is 7. The summed E-state index contributed by atoms with van der Waals surface area (Å²) in [6.07, 6.45) is -0.663. The van der Waals surface area contributed by atoms with Gasteiger partial charge in [0.15, 0.2) is 0 Å². The first-order valence-corrected chi connectivity index (χ1v) is 5.80. The van der Waals surface area contributed by atoms with Crippen LogP contribution in [0.2, 0.25) is 0 Å². The molecule has 0 aromatic rings. The van der Waals surface area contributed by atoms with Crippen molar-refractivity contribution in [2.75, 3.05) is 6.61 Å². The summed E-state index contributed by atoms with van der Waals surface area (Å²) in [6.45, 7) is 9.97. The second-order valence-corrected chi connectivity index (χ2v) is 4.23. The van der Waals surface area contributed by atoms with Crippen molar-refractivity contribution < 1.29 is 23.8 Å². The highest BCUT2D eigenvalue weighted by Crippen LogP contribution is 2.22. The number of ketones is 1. The number of carbonyl (C=O) groups excluding carboxylic acids is 2. The van der Waals surface area contributed by atoms with E-state index in [0.717, 1.165) is 0 Å². The van der Waals surface area contributed by atoms with E-state index in [0.29, 0.717) is 0 Å². The molecule has 0 aliphatic heterocycles. The van der Waals surface area contributed by atoms with Gasteiger partial charge >= 0.3 is 11.8 Å². The summed E-state index contributed by atoms with van der Waals surface area (Å²) in [6, 6.07) is 0. The van der Waals surface area contributed by atoms with Gasteiger partial charge < -0.3 is 14.2 Å². The number of hydrogen-bond acceptors (Lipinski definition) is 5. The highest BCUT2D eigenvalue weighted by molar-refractivity contribution is 6.04. The fourth-order valence-electron chi connectivity index (χ4n) is 1.32. The molecule has 0 N–H and O–H groups in total. The Labute approximate surface area is 119 Å². The van der Waals surface area contributed by atoms with Crippen LogP contribution >= 0.6 is 0 Å². The van der Waals surface area contributed by atoms with Gasteiger partial charge in [-0.15, -0.1) is 0 Å². The van der Waals surface area contributed by atoms with Gasteiger partial charge in [-0.3, -0.25) is 4.79 Å². The second-order valence-electron chi connectivity index (χ2n) is 4.23. The highest BCUT2D eigenvalue weighted by Gasteiger charge is 2.49. The fourth-order valence-corrected chi connectivity index (χ4v) is 1.32. The number of Topliss-reactive ketones (excluding diaryl/α,β-unsaturated/α-hetero) is 1. The average molecular weight is 273 g/mol. The number of esters is 1. The molecule has 0 aromatic carbocycles. The Morgan fingerprint density at radius 1 is 1.06 bits per heavy atom. The molecule has 0 saturated carbocycles. The van der Waals surface area contributed by atoms with Crippen molar-refractivity contribution in [3.63, 3.8) is 0 Å². The molecule has 0 unspecified atom stereocenters. The van der Waals surface area contributed by atoms with E-state index in [4.69, 9.17) is 14.2 Å². The van der Waals surface area contributed by atoms with Crippen LogP contribution in [-0.2, 0) is 23.8 Å². The van der Waals surface area contributed by atoms with Crippen molar-refractivity contribution in [2.45, 2.75) is 59.5 Å². The van der Waals surface area contributed by atoms with Crippen LogP contribution < -0.4 is 0 Å². The van der Waals surface area contributed by atoms with Crippen LogP contribution in [-0.4, -0.2) is 53.7 Å². The third kappa shape index (κ3) is 5.49. The smallest absolute Gasteiger partial charge is 0.375 e. The van der Waals surface area contributed by atoms with Crippen molar-refractivity contribution in [2.24, 2.45) is 0 Å². The van der Waals surface area contributed by atoms with Crippen molar-refractivity contribution in [3.05, 3.63) is 0 Å². The highest BCUT2D eigenvalue weighted by atomic mass is 27.0. The average Bonchev–Trinajstić information content (AvgIpc) is 2.14. The van der Waals surface area contributed by atoms with Crippen LogP contribution in [0.25, 0.3) is 0 Å². The second kappa shape index (κ2) is 8.65. The fraction of sp³-hybridized carbons (Fsp3) is 0.833. The molecule has 0 bridgehead atoms. The van der Waals surface area contributed by atoms with E-state index in [9.17, 15) is 9.59 Å². The van der Waals surface area contributed by atoms with Crippen LogP contribution in [0.1, 0.15) is 41.5 Å². The summed E-state index contributed by atoms with van der Waals surface area (Å²) in [5.74, 6) is -3.26. The number of hydrogen-bond donors (Lipinski definition) is 0. The SMILES string of the molecule is CCOC(=O)C(OC(C)C)(OC(C)C)C(C)=O.[Al]. The molecule has 0 rings (SSSR count). The zero-order valence-corrected chi connectivity index (χ0v) is 13.1. The van der Waals surface area contributed by atoms with E-state index < -0.39 is 17.5 Å². The van der Waals surface area contributed by atoms with Gasteiger partial charge in [0.2, 0.25) is 5.78 Å². The Balaban J connectivity index is 0. The molecule has 6 heteroatoms. The third-order valence-electron chi connectivity index (χ3n) is 1.81. The van der Waals surface area contributed by atoms with Crippen molar-refractivity contribution in [1.82, 2.24) is 0 Å². The summed E-state index contributed by atoms with van der Waals surface area (Å²) >= 11 is 0. The number of ether oxygens (including phenoxy) is 3. The molecule has 0 amide bonds. The van der Waals surface area contributed by atoms with Crippen molar-refractivity contribution in [3.8, 4) is 0 Å². The minimum atomic E-state index is -1.95. The largest absolute Gasteiger partial charge is 0.462 e.